The van der Waals surface area contributed by atoms with Gasteiger partial charge in [-0.1, -0.05) is 13.8 Å². The number of nitrogens with one attached hydrogen (secondary N) is 2. The van der Waals surface area contributed by atoms with Crippen LogP contribution in [0.3, 0.4) is 0 Å². The van der Waals surface area contributed by atoms with E-state index in [4.69, 9.17) is 0 Å². The summed E-state index contributed by atoms with van der Waals surface area (Å²) < 4.78 is 1.12. The lowest BCUT2D eigenvalue weighted by molar-refractivity contribution is -0.116. The summed E-state index contributed by atoms with van der Waals surface area (Å²) in [6.45, 7) is 4.96. The van der Waals surface area contributed by atoms with Crippen LogP contribution < -0.4 is 10.6 Å². The number of carbonyl (C=O) groups is 1. The van der Waals surface area contributed by atoms with Crippen LogP contribution in [0.2, 0.25) is 0 Å². The Bertz CT molecular complexity index is 577. The van der Waals surface area contributed by atoms with Gasteiger partial charge in [0.05, 0.1) is 15.2 Å². The molecular weight excluding hydrogens is 258 g/mol. The van der Waals surface area contributed by atoms with E-state index in [2.05, 4.69) is 29.5 Å². The molecule has 0 aliphatic rings. The zero-order valence-corrected chi connectivity index (χ0v) is 12.3. The van der Waals surface area contributed by atoms with E-state index >= 15 is 0 Å². The molecule has 102 valence electrons. The van der Waals surface area contributed by atoms with Gasteiger partial charge in [-0.25, -0.2) is 4.98 Å². The van der Waals surface area contributed by atoms with Crippen LogP contribution in [0.4, 0.5) is 5.69 Å². The second-order valence-electron chi connectivity index (χ2n) is 4.79. The van der Waals surface area contributed by atoms with Crippen LogP contribution in [0.25, 0.3) is 10.2 Å². The molecule has 19 heavy (non-hydrogen) atoms. The van der Waals surface area contributed by atoms with Crippen LogP contribution >= 0.6 is 11.3 Å². The van der Waals surface area contributed by atoms with Crippen molar-refractivity contribution < 1.29 is 4.79 Å². The van der Waals surface area contributed by atoms with Gasteiger partial charge in [-0.05, 0) is 25.2 Å². The molecular formula is C14H19N3OS. The minimum Gasteiger partial charge on any atom is -0.326 e. The van der Waals surface area contributed by atoms with E-state index in [9.17, 15) is 4.79 Å². The Morgan fingerprint density at radius 3 is 2.89 bits per heavy atom. The minimum atomic E-state index is 0.0299. The Kier molecular flexibility index (Phi) is 4.50. The quantitative estimate of drug-likeness (QED) is 0.883. The van der Waals surface area contributed by atoms with Crippen molar-refractivity contribution in [2.24, 2.45) is 0 Å². The number of aromatic nitrogens is 1. The first-order valence-electron chi connectivity index (χ1n) is 6.45. The third-order valence-corrected chi connectivity index (χ3v) is 4.10. The van der Waals surface area contributed by atoms with Crippen LogP contribution in [-0.4, -0.2) is 24.5 Å². The number of hydrogen-bond acceptors (Lipinski definition) is 4. The van der Waals surface area contributed by atoms with Crippen LogP contribution in [0.5, 0.6) is 0 Å². The van der Waals surface area contributed by atoms with Crippen molar-refractivity contribution in [3.63, 3.8) is 0 Å². The van der Waals surface area contributed by atoms with Gasteiger partial charge < -0.3 is 10.6 Å². The number of rotatable bonds is 5. The number of hydrogen-bond donors (Lipinski definition) is 2. The number of carbonyl (C=O) groups excluding carboxylic acids is 1. The van der Waals surface area contributed by atoms with Crippen LogP contribution in [0.1, 0.15) is 31.2 Å². The molecule has 1 aromatic carbocycles. The topological polar surface area (TPSA) is 54.0 Å². The lowest BCUT2D eigenvalue weighted by Gasteiger charge is -2.04. The van der Waals surface area contributed by atoms with E-state index in [-0.39, 0.29) is 5.91 Å². The first kappa shape index (κ1) is 14.0. The van der Waals surface area contributed by atoms with E-state index in [0.29, 0.717) is 18.9 Å². The summed E-state index contributed by atoms with van der Waals surface area (Å²) >= 11 is 1.69. The maximum absolute atomic E-state index is 11.7. The number of nitrogens with zero attached hydrogens (tertiary/aromatic N) is 1. The summed E-state index contributed by atoms with van der Waals surface area (Å²) in [6.07, 6.45) is 0.481. The van der Waals surface area contributed by atoms with E-state index in [1.165, 1.54) is 0 Å². The predicted molar refractivity (Wildman–Crippen MR) is 80.9 cm³/mol. The van der Waals surface area contributed by atoms with Crippen LogP contribution in [0.15, 0.2) is 18.2 Å². The molecule has 0 bridgehead atoms. The fourth-order valence-electron chi connectivity index (χ4n) is 1.73. The van der Waals surface area contributed by atoms with E-state index in [1.54, 1.807) is 11.3 Å². The average Bonchev–Trinajstić information content (AvgIpc) is 2.79. The van der Waals surface area contributed by atoms with Crippen LogP contribution in [0, 0.1) is 0 Å². The lowest BCUT2D eigenvalue weighted by atomic mass is 10.2. The molecule has 0 saturated carbocycles. The lowest BCUT2D eigenvalue weighted by Crippen LogP contribution is -2.18. The number of fused-ring (bicyclic) bond motifs is 1. The average molecular weight is 277 g/mol. The van der Waals surface area contributed by atoms with Gasteiger partial charge in [0.2, 0.25) is 5.91 Å². The summed E-state index contributed by atoms with van der Waals surface area (Å²) in [4.78, 5) is 16.2. The Labute approximate surface area is 117 Å². The molecule has 4 nitrogen and oxygen atoms in total. The fourth-order valence-corrected chi connectivity index (χ4v) is 2.74. The highest BCUT2D eigenvalue weighted by atomic mass is 32.1. The maximum atomic E-state index is 11.7. The van der Waals surface area contributed by atoms with Crippen molar-refractivity contribution in [1.82, 2.24) is 10.3 Å². The van der Waals surface area contributed by atoms with Crippen molar-refractivity contribution in [3.8, 4) is 0 Å². The summed E-state index contributed by atoms with van der Waals surface area (Å²) in [5.41, 5.74) is 1.84. The third-order valence-electron chi connectivity index (χ3n) is 2.78. The van der Waals surface area contributed by atoms with Gasteiger partial charge in [0.25, 0.3) is 0 Å². The Balaban J connectivity index is 2.14. The zero-order chi connectivity index (χ0) is 13.8. The monoisotopic (exact) mass is 277 g/mol. The van der Waals surface area contributed by atoms with Gasteiger partial charge in [0, 0.05) is 24.6 Å². The Morgan fingerprint density at radius 2 is 2.21 bits per heavy atom. The highest BCUT2D eigenvalue weighted by Crippen LogP contribution is 2.29. The SMILES string of the molecule is CNCCC(=O)Nc1ccc2nc(C(C)C)sc2c1. The second-order valence-corrected chi connectivity index (χ2v) is 5.85. The van der Waals surface area contributed by atoms with E-state index < -0.39 is 0 Å². The van der Waals surface area contributed by atoms with Gasteiger partial charge >= 0.3 is 0 Å². The molecule has 0 atom stereocenters. The molecule has 2 N–H and O–H groups in total. The van der Waals surface area contributed by atoms with Gasteiger partial charge in [0.1, 0.15) is 0 Å². The molecule has 2 rings (SSSR count). The maximum Gasteiger partial charge on any atom is 0.225 e. The van der Waals surface area contributed by atoms with Gasteiger partial charge in [-0.3, -0.25) is 4.79 Å². The summed E-state index contributed by atoms with van der Waals surface area (Å²) in [5.74, 6) is 0.466. The van der Waals surface area contributed by atoms with Crippen molar-refractivity contribution in [3.05, 3.63) is 23.2 Å². The van der Waals surface area contributed by atoms with Crippen molar-refractivity contribution >= 4 is 33.1 Å². The largest absolute Gasteiger partial charge is 0.326 e. The summed E-state index contributed by atoms with van der Waals surface area (Å²) in [7, 11) is 1.84. The van der Waals surface area contributed by atoms with Crippen LogP contribution in [-0.2, 0) is 4.79 Å². The molecule has 0 saturated heterocycles. The molecule has 0 aliphatic carbocycles. The van der Waals surface area contributed by atoms with Gasteiger partial charge in [-0.15, -0.1) is 11.3 Å². The predicted octanol–water partition coefficient (Wildman–Crippen LogP) is 2.97. The molecule has 0 unspecified atom stereocenters. The minimum absolute atomic E-state index is 0.0299. The Hall–Kier alpha value is -1.46. The zero-order valence-electron chi connectivity index (χ0n) is 11.5. The van der Waals surface area contributed by atoms with Crippen molar-refractivity contribution in [2.75, 3.05) is 18.9 Å². The smallest absolute Gasteiger partial charge is 0.225 e. The number of anilines is 1. The second kappa shape index (κ2) is 6.12. The normalized spacial score (nSPS) is 11.2. The fraction of sp³-hybridized carbons (Fsp3) is 0.429. The summed E-state index contributed by atoms with van der Waals surface area (Å²) in [5, 5.41) is 7.00. The molecule has 0 fully saturated rings. The molecule has 0 aliphatic heterocycles. The highest BCUT2D eigenvalue weighted by Gasteiger charge is 2.08. The number of benzene rings is 1. The first-order chi connectivity index (χ1) is 9.10. The molecule has 1 aromatic heterocycles. The van der Waals surface area contributed by atoms with Crippen molar-refractivity contribution in [2.45, 2.75) is 26.2 Å². The highest BCUT2D eigenvalue weighted by molar-refractivity contribution is 7.18. The summed E-state index contributed by atoms with van der Waals surface area (Å²) in [6, 6.07) is 5.87. The number of thiazole rings is 1. The molecule has 2 aromatic rings. The Morgan fingerprint density at radius 1 is 1.42 bits per heavy atom. The molecule has 0 spiro atoms. The standard InChI is InChI=1S/C14H19N3OS/c1-9(2)14-17-11-5-4-10(8-12(11)19-14)16-13(18)6-7-15-3/h4-5,8-9,15H,6-7H2,1-3H3,(H,16,18). The molecule has 0 radical (unpaired) electrons. The molecule has 1 amide bonds. The molecule has 5 heteroatoms. The van der Waals surface area contributed by atoms with E-state index in [1.807, 2.05) is 25.2 Å². The van der Waals surface area contributed by atoms with E-state index in [0.717, 1.165) is 20.9 Å². The van der Waals surface area contributed by atoms with Gasteiger partial charge in [0.15, 0.2) is 0 Å². The molecule has 1 heterocycles. The number of amides is 1. The first-order valence-corrected chi connectivity index (χ1v) is 7.26. The van der Waals surface area contributed by atoms with Gasteiger partial charge in [-0.2, -0.15) is 0 Å². The third kappa shape index (κ3) is 3.52. The van der Waals surface area contributed by atoms with Crippen molar-refractivity contribution in [1.29, 1.82) is 0 Å².